The van der Waals surface area contributed by atoms with Gasteiger partial charge in [-0.1, -0.05) is 12.1 Å². The highest BCUT2D eigenvalue weighted by Gasteiger charge is 2.18. The quantitative estimate of drug-likeness (QED) is 0.750. The molecule has 1 aliphatic rings. The van der Waals surface area contributed by atoms with E-state index in [1.807, 2.05) is 34.5 Å². The minimum atomic E-state index is 0. The first-order chi connectivity index (χ1) is 12.6. The van der Waals surface area contributed by atoms with Crippen molar-refractivity contribution in [3.63, 3.8) is 0 Å². The molecule has 1 aromatic carbocycles. The standard InChI is InChI=1S/C20H25N5O.ClH/c1-14-16(8-9-19(26)24-12-5-10-21-11-13-24)15(2)25-20(22-14)17-6-3-4-7-18(17)23-25;/h3-4,6-7,21H,5,8-13H2,1-2H3;1H. The van der Waals surface area contributed by atoms with E-state index >= 15 is 0 Å². The molecule has 1 fully saturated rings. The first-order valence-corrected chi connectivity index (χ1v) is 9.37. The summed E-state index contributed by atoms with van der Waals surface area (Å²) in [5.41, 5.74) is 5.05. The molecule has 3 heterocycles. The van der Waals surface area contributed by atoms with Crippen molar-refractivity contribution >= 4 is 34.9 Å². The maximum absolute atomic E-state index is 12.6. The molecule has 2 aromatic heterocycles. The first-order valence-electron chi connectivity index (χ1n) is 9.37. The Hall–Kier alpha value is -2.18. The summed E-state index contributed by atoms with van der Waals surface area (Å²) in [4.78, 5) is 19.4. The molecule has 1 amide bonds. The first kappa shape index (κ1) is 19.6. The van der Waals surface area contributed by atoms with Gasteiger partial charge in [0.15, 0.2) is 5.65 Å². The summed E-state index contributed by atoms with van der Waals surface area (Å²) in [5, 5.41) is 9.11. The Bertz CT molecular complexity index is 960. The van der Waals surface area contributed by atoms with E-state index in [0.717, 1.165) is 66.1 Å². The summed E-state index contributed by atoms with van der Waals surface area (Å²) in [6.07, 6.45) is 2.26. The number of hydrogen-bond acceptors (Lipinski definition) is 4. The lowest BCUT2D eigenvalue weighted by atomic mass is 10.1. The van der Waals surface area contributed by atoms with Gasteiger partial charge in [0, 0.05) is 42.8 Å². The van der Waals surface area contributed by atoms with Crippen molar-refractivity contribution < 1.29 is 4.79 Å². The van der Waals surface area contributed by atoms with Gasteiger partial charge in [0.25, 0.3) is 0 Å². The Balaban J connectivity index is 0.00000210. The molecule has 3 aromatic rings. The summed E-state index contributed by atoms with van der Waals surface area (Å²) < 4.78 is 1.92. The van der Waals surface area contributed by atoms with Crippen LogP contribution >= 0.6 is 12.4 Å². The van der Waals surface area contributed by atoms with Gasteiger partial charge in [0.2, 0.25) is 5.91 Å². The van der Waals surface area contributed by atoms with Crippen LogP contribution in [0.2, 0.25) is 0 Å². The van der Waals surface area contributed by atoms with E-state index in [4.69, 9.17) is 10.1 Å². The molecule has 0 spiro atoms. The Labute approximate surface area is 165 Å². The predicted molar refractivity (Wildman–Crippen MR) is 110 cm³/mol. The highest BCUT2D eigenvalue weighted by Crippen LogP contribution is 2.23. The number of benzene rings is 1. The molecular weight excluding hydrogens is 362 g/mol. The highest BCUT2D eigenvalue weighted by atomic mass is 35.5. The van der Waals surface area contributed by atoms with Crippen LogP contribution in [0.15, 0.2) is 24.3 Å². The average molecular weight is 388 g/mol. The third-order valence-electron chi connectivity index (χ3n) is 5.30. The number of aromatic nitrogens is 3. The molecule has 6 nitrogen and oxygen atoms in total. The number of rotatable bonds is 3. The third kappa shape index (κ3) is 3.77. The van der Waals surface area contributed by atoms with E-state index in [1.165, 1.54) is 0 Å². The second kappa shape index (κ2) is 8.23. The number of hydrogen-bond donors (Lipinski definition) is 1. The molecule has 1 N–H and O–H groups in total. The summed E-state index contributed by atoms with van der Waals surface area (Å²) in [7, 11) is 0. The van der Waals surface area contributed by atoms with Gasteiger partial charge in [-0.25, -0.2) is 9.50 Å². The van der Waals surface area contributed by atoms with Gasteiger partial charge in [-0.05, 0) is 50.9 Å². The molecule has 4 rings (SSSR count). The highest BCUT2D eigenvalue weighted by molar-refractivity contribution is 5.92. The largest absolute Gasteiger partial charge is 0.341 e. The van der Waals surface area contributed by atoms with E-state index in [9.17, 15) is 4.79 Å². The fraction of sp³-hybridized carbons (Fsp3) is 0.450. The van der Waals surface area contributed by atoms with Crippen LogP contribution in [-0.2, 0) is 11.2 Å². The average Bonchev–Trinajstić information content (AvgIpc) is 2.82. The normalized spacial score (nSPS) is 15.0. The van der Waals surface area contributed by atoms with Crippen LogP contribution in [0.25, 0.3) is 16.6 Å². The van der Waals surface area contributed by atoms with Crippen molar-refractivity contribution in [3.8, 4) is 0 Å². The van der Waals surface area contributed by atoms with Gasteiger partial charge in [0.05, 0.1) is 5.52 Å². The van der Waals surface area contributed by atoms with Crippen molar-refractivity contribution in [1.29, 1.82) is 0 Å². The number of nitrogens with one attached hydrogen (secondary N) is 1. The van der Waals surface area contributed by atoms with E-state index in [2.05, 4.69) is 18.3 Å². The van der Waals surface area contributed by atoms with Crippen LogP contribution in [0.1, 0.15) is 29.8 Å². The summed E-state index contributed by atoms with van der Waals surface area (Å²) in [5.74, 6) is 0.234. The fourth-order valence-corrected chi connectivity index (χ4v) is 3.82. The van der Waals surface area contributed by atoms with Gasteiger partial charge in [-0.15, -0.1) is 12.4 Å². The van der Waals surface area contributed by atoms with Gasteiger partial charge in [0.1, 0.15) is 0 Å². The maximum Gasteiger partial charge on any atom is 0.222 e. The van der Waals surface area contributed by atoms with Crippen LogP contribution in [-0.4, -0.2) is 51.6 Å². The number of aryl methyl sites for hydroxylation is 2. The van der Waals surface area contributed by atoms with Crippen molar-refractivity contribution in [2.24, 2.45) is 0 Å². The van der Waals surface area contributed by atoms with Crippen LogP contribution in [0, 0.1) is 13.8 Å². The molecule has 0 unspecified atom stereocenters. The Morgan fingerprint density at radius 3 is 2.85 bits per heavy atom. The minimum absolute atomic E-state index is 0. The van der Waals surface area contributed by atoms with Gasteiger partial charge in [-0.3, -0.25) is 4.79 Å². The number of amides is 1. The van der Waals surface area contributed by atoms with Crippen LogP contribution in [0.3, 0.4) is 0 Å². The van der Waals surface area contributed by atoms with Crippen molar-refractivity contribution in [2.45, 2.75) is 33.1 Å². The number of carbonyl (C=O) groups excluding carboxylic acids is 1. The smallest absolute Gasteiger partial charge is 0.222 e. The number of carbonyl (C=O) groups is 1. The fourth-order valence-electron chi connectivity index (χ4n) is 3.82. The summed E-state index contributed by atoms with van der Waals surface area (Å²) in [6, 6.07) is 8.07. The Morgan fingerprint density at radius 1 is 1.19 bits per heavy atom. The number of fused-ring (bicyclic) bond motifs is 3. The summed E-state index contributed by atoms with van der Waals surface area (Å²) in [6.45, 7) is 7.64. The van der Waals surface area contributed by atoms with Gasteiger partial charge < -0.3 is 10.2 Å². The van der Waals surface area contributed by atoms with E-state index in [0.29, 0.717) is 12.8 Å². The van der Waals surface area contributed by atoms with Crippen LogP contribution in [0.4, 0.5) is 0 Å². The summed E-state index contributed by atoms with van der Waals surface area (Å²) >= 11 is 0. The van der Waals surface area contributed by atoms with Gasteiger partial charge >= 0.3 is 0 Å². The molecule has 1 saturated heterocycles. The lowest BCUT2D eigenvalue weighted by Crippen LogP contribution is -2.34. The molecule has 27 heavy (non-hydrogen) atoms. The molecule has 144 valence electrons. The molecule has 1 aliphatic heterocycles. The van der Waals surface area contributed by atoms with Crippen LogP contribution in [0.5, 0.6) is 0 Å². The topological polar surface area (TPSA) is 62.5 Å². The van der Waals surface area contributed by atoms with E-state index in [-0.39, 0.29) is 18.3 Å². The zero-order chi connectivity index (χ0) is 18.1. The van der Waals surface area contributed by atoms with Crippen LogP contribution < -0.4 is 5.32 Å². The van der Waals surface area contributed by atoms with Crippen molar-refractivity contribution in [2.75, 3.05) is 26.2 Å². The Kier molecular flexibility index (Phi) is 5.97. The van der Waals surface area contributed by atoms with E-state index < -0.39 is 0 Å². The van der Waals surface area contributed by atoms with E-state index in [1.54, 1.807) is 0 Å². The molecule has 0 saturated carbocycles. The molecule has 0 aliphatic carbocycles. The monoisotopic (exact) mass is 387 g/mol. The third-order valence-corrected chi connectivity index (χ3v) is 5.30. The molecule has 0 radical (unpaired) electrons. The number of halogens is 1. The zero-order valence-corrected chi connectivity index (χ0v) is 16.7. The minimum Gasteiger partial charge on any atom is -0.341 e. The van der Waals surface area contributed by atoms with Crippen molar-refractivity contribution in [1.82, 2.24) is 24.8 Å². The predicted octanol–water partition coefficient (Wildman–Crippen LogP) is 2.68. The maximum atomic E-state index is 12.6. The number of nitrogens with zero attached hydrogens (tertiary/aromatic N) is 4. The van der Waals surface area contributed by atoms with Crippen molar-refractivity contribution in [3.05, 3.63) is 41.2 Å². The molecule has 0 atom stereocenters. The second-order valence-corrected chi connectivity index (χ2v) is 7.00. The lowest BCUT2D eigenvalue weighted by molar-refractivity contribution is -0.130. The zero-order valence-electron chi connectivity index (χ0n) is 15.9. The Morgan fingerprint density at radius 2 is 2.00 bits per heavy atom. The molecular formula is C20H26ClN5O. The second-order valence-electron chi connectivity index (χ2n) is 7.00. The van der Waals surface area contributed by atoms with Gasteiger partial charge in [-0.2, -0.15) is 5.10 Å². The lowest BCUT2D eigenvalue weighted by Gasteiger charge is -2.20. The SMILES string of the molecule is Cc1nc2c3ccccc3nn2c(C)c1CCC(=O)N1CCCNCC1.Cl. The molecule has 7 heteroatoms. The molecule has 0 bridgehead atoms.